The highest BCUT2D eigenvalue weighted by atomic mass is 127. The van der Waals surface area contributed by atoms with Crippen molar-refractivity contribution in [3.05, 3.63) is 60.2 Å². The van der Waals surface area contributed by atoms with Gasteiger partial charge in [0.1, 0.15) is 12.4 Å². The lowest BCUT2D eigenvalue weighted by Gasteiger charge is -2.12. The predicted octanol–water partition coefficient (Wildman–Crippen LogP) is 2.36. The van der Waals surface area contributed by atoms with Gasteiger partial charge in [-0.15, -0.1) is 24.0 Å². The third kappa shape index (κ3) is 10.3. The van der Waals surface area contributed by atoms with Gasteiger partial charge in [0, 0.05) is 20.2 Å². The molecule has 0 heterocycles. The van der Waals surface area contributed by atoms with Crippen LogP contribution >= 0.6 is 24.0 Å². The second-order valence-corrected chi connectivity index (χ2v) is 8.09. The average Bonchev–Trinajstić information content (AvgIpc) is 2.76. The highest BCUT2D eigenvalue weighted by molar-refractivity contribution is 14.0. The van der Waals surface area contributed by atoms with Gasteiger partial charge >= 0.3 is 0 Å². The Bertz CT molecular complexity index is 895. The van der Waals surface area contributed by atoms with Crippen LogP contribution in [0.3, 0.4) is 0 Å². The van der Waals surface area contributed by atoms with Crippen molar-refractivity contribution in [2.45, 2.75) is 18.4 Å². The van der Waals surface area contributed by atoms with Crippen molar-refractivity contribution < 1.29 is 17.9 Å². The van der Waals surface area contributed by atoms with Gasteiger partial charge in [-0.1, -0.05) is 30.3 Å². The minimum Gasteiger partial charge on any atom is -0.492 e. The molecule has 0 spiro atoms. The van der Waals surface area contributed by atoms with Crippen molar-refractivity contribution in [1.29, 1.82) is 0 Å². The highest BCUT2D eigenvalue weighted by Gasteiger charge is 2.13. The van der Waals surface area contributed by atoms with E-state index in [1.165, 1.54) is 7.11 Å². The molecule has 2 rings (SSSR count). The Morgan fingerprint density at radius 3 is 2.48 bits per heavy atom. The van der Waals surface area contributed by atoms with Crippen LogP contribution in [0.4, 0.5) is 0 Å². The molecule has 31 heavy (non-hydrogen) atoms. The minimum absolute atomic E-state index is 0. The van der Waals surface area contributed by atoms with Gasteiger partial charge in [0.25, 0.3) is 0 Å². The van der Waals surface area contributed by atoms with E-state index in [9.17, 15) is 8.42 Å². The molecule has 2 aromatic rings. The van der Waals surface area contributed by atoms with Crippen LogP contribution in [0.25, 0.3) is 0 Å². The van der Waals surface area contributed by atoms with Crippen LogP contribution < -0.4 is 20.1 Å². The van der Waals surface area contributed by atoms with Crippen LogP contribution in [0.5, 0.6) is 5.75 Å². The summed E-state index contributed by atoms with van der Waals surface area (Å²) in [5, 5.41) is 6.38. The van der Waals surface area contributed by atoms with Gasteiger partial charge in [-0.2, -0.15) is 0 Å². The first-order chi connectivity index (χ1) is 14.5. The molecular weight excluding hydrogens is 531 g/mol. The zero-order valence-corrected chi connectivity index (χ0v) is 21.0. The number of sulfonamides is 1. The number of nitrogens with zero attached hydrogens (tertiary/aromatic N) is 1. The molecule has 2 aromatic carbocycles. The molecular formula is C21H31IN4O4S. The van der Waals surface area contributed by atoms with Crippen molar-refractivity contribution in [2.24, 2.45) is 4.99 Å². The van der Waals surface area contributed by atoms with Crippen LogP contribution in [-0.2, 0) is 21.3 Å². The quantitative estimate of drug-likeness (QED) is 0.159. The topological polar surface area (TPSA) is 101 Å². The number of rotatable bonds is 12. The molecule has 0 aliphatic carbocycles. The van der Waals surface area contributed by atoms with Crippen molar-refractivity contribution in [3.63, 3.8) is 0 Å². The normalized spacial score (nSPS) is 11.5. The molecule has 0 aliphatic rings. The number of hydrogen-bond acceptors (Lipinski definition) is 5. The van der Waals surface area contributed by atoms with Gasteiger partial charge in [0.05, 0.1) is 24.6 Å². The zero-order valence-electron chi connectivity index (χ0n) is 17.8. The molecule has 0 unspecified atom stereocenters. The van der Waals surface area contributed by atoms with E-state index in [1.54, 1.807) is 18.2 Å². The third-order valence-electron chi connectivity index (χ3n) is 3.98. The summed E-state index contributed by atoms with van der Waals surface area (Å²) in [7, 11) is -2.05. The molecule has 172 valence electrons. The number of para-hydroxylation sites is 1. The standard InChI is InChI=1S/C21H30N4O4S.HI/c1-3-22-21(23-12-15-29-19-9-5-4-6-10-19)24-17-18-8-7-11-20(16-18)30(26,27)25-13-14-28-2;/h4-11,16,25H,3,12-15,17H2,1-2H3,(H2,22,23,24);1H. The van der Waals surface area contributed by atoms with E-state index < -0.39 is 10.0 Å². The number of aliphatic imine (C=N–C) groups is 1. The van der Waals surface area contributed by atoms with E-state index in [0.717, 1.165) is 11.3 Å². The Morgan fingerprint density at radius 2 is 1.77 bits per heavy atom. The first kappa shape index (κ1) is 27.1. The molecule has 0 aliphatic heterocycles. The largest absolute Gasteiger partial charge is 0.492 e. The number of nitrogens with one attached hydrogen (secondary N) is 3. The number of ether oxygens (including phenoxy) is 2. The Labute approximate surface area is 201 Å². The molecule has 0 amide bonds. The maximum Gasteiger partial charge on any atom is 0.240 e. The fourth-order valence-electron chi connectivity index (χ4n) is 2.54. The monoisotopic (exact) mass is 562 g/mol. The number of methoxy groups -OCH3 is 1. The Morgan fingerprint density at radius 1 is 1.00 bits per heavy atom. The van der Waals surface area contributed by atoms with Gasteiger partial charge in [-0.25, -0.2) is 18.1 Å². The maximum absolute atomic E-state index is 12.4. The molecule has 0 saturated heterocycles. The molecule has 0 saturated carbocycles. The van der Waals surface area contributed by atoms with Gasteiger partial charge in [0.2, 0.25) is 10.0 Å². The van der Waals surface area contributed by atoms with E-state index in [0.29, 0.717) is 38.8 Å². The Hall–Kier alpha value is -1.89. The summed E-state index contributed by atoms with van der Waals surface area (Å²) in [6, 6.07) is 16.4. The van der Waals surface area contributed by atoms with E-state index in [1.807, 2.05) is 43.3 Å². The molecule has 0 atom stereocenters. The first-order valence-electron chi connectivity index (χ1n) is 9.82. The summed E-state index contributed by atoms with van der Waals surface area (Å²) >= 11 is 0. The van der Waals surface area contributed by atoms with Gasteiger partial charge < -0.3 is 20.1 Å². The van der Waals surface area contributed by atoms with Crippen molar-refractivity contribution in [1.82, 2.24) is 15.4 Å². The fraction of sp³-hybridized carbons (Fsp3) is 0.381. The Kier molecular flexibility index (Phi) is 13.1. The van der Waals surface area contributed by atoms with Gasteiger partial charge in [0.15, 0.2) is 5.96 Å². The first-order valence-corrected chi connectivity index (χ1v) is 11.3. The second kappa shape index (κ2) is 15.0. The lowest BCUT2D eigenvalue weighted by Crippen LogP contribution is -2.39. The summed E-state index contributed by atoms with van der Waals surface area (Å²) in [6.45, 7) is 4.65. The summed E-state index contributed by atoms with van der Waals surface area (Å²) in [5.74, 6) is 1.46. The molecule has 8 nitrogen and oxygen atoms in total. The fourth-order valence-corrected chi connectivity index (χ4v) is 3.62. The lowest BCUT2D eigenvalue weighted by atomic mass is 10.2. The van der Waals surface area contributed by atoms with E-state index in [4.69, 9.17) is 9.47 Å². The van der Waals surface area contributed by atoms with Crippen LogP contribution in [0, 0.1) is 0 Å². The maximum atomic E-state index is 12.4. The third-order valence-corrected chi connectivity index (χ3v) is 5.44. The van der Waals surface area contributed by atoms with Gasteiger partial charge in [-0.3, -0.25) is 0 Å². The van der Waals surface area contributed by atoms with Crippen molar-refractivity contribution >= 4 is 40.0 Å². The summed E-state index contributed by atoms with van der Waals surface area (Å²) in [4.78, 5) is 4.74. The number of benzene rings is 2. The number of guanidine groups is 1. The summed E-state index contributed by atoms with van der Waals surface area (Å²) < 4.78 is 37.8. The number of hydrogen-bond donors (Lipinski definition) is 3. The summed E-state index contributed by atoms with van der Waals surface area (Å²) in [6.07, 6.45) is 0. The van der Waals surface area contributed by atoms with Crippen LogP contribution in [-0.4, -0.2) is 54.3 Å². The molecule has 0 bridgehead atoms. The predicted molar refractivity (Wildman–Crippen MR) is 134 cm³/mol. The van der Waals surface area contributed by atoms with Crippen molar-refractivity contribution in [3.8, 4) is 5.75 Å². The summed E-state index contributed by atoms with van der Waals surface area (Å²) in [5.41, 5.74) is 0.794. The average molecular weight is 562 g/mol. The molecule has 0 fully saturated rings. The molecule has 0 aromatic heterocycles. The second-order valence-electron chi connectivity index (χ2n) is 6.32. The van der Waals surface area contributed by atoms with Crippen LogP contribution in [0.1, 0.15) is 12.5 Å². The van der Waals surface area contributed by atoms with Crippen LogP contribution in [0.2, 0.25) is 0 Å². The van der Waals surface area contributed by atoms with E-state index in [2.05, 4.69) is 20.3 Å². The zero-order chi connectivity index (χ0) is 21.7. The van der Waals surface area contributed by atoms with Gasteiger partial charge in [-0.05, 0) is 36.8 Å². The smallest absolute Gasteiger partial charge is 0.240 e. The molecule has 10 heteroatoms. The highest BCUT2D eigenvalue weighted by Crippen LogP contribution is 2.12. The van der Waals surface area contributed by atoms with E-state index >= 15 is 0 Å². The lowest BCUT2D eigenvalue weighted by molar-refractivity contribution is 0.204. The van der Waals surface area contributed by atoms with Crippen LogP contribution in [0.15, 0.2) is 64.5 Å². The van der Waals surface area contributed by atoms with E-state index in [-0.39, 0.29) is 35.4 Å². The molecule has 0 radical (unpaired) electrons. The SMILES string of the molecule is CCNC(=NCc1cccc(S(=O)(=O)NCCOC)c1)NCCOc1ccccc1.I. The van der Waals surface area contributed by atoms with Crippen molar-refractivity contribution in [2.75, 3.05) is 40.0 Å². The Balaban J connectivity index is 0.00000480. The molecule has 3 N–H and O–H groups in total. The number of halogens is 1. The minimum atomic E-state index is -3.57.